The van der Waals surface area contributed by atoms with Crippen molar-refractivity contribution in [3.63, 3.8) is 0 Å². The quantitative estimate of drug-likeness (QED) is 0.507. The van der Waals surface area contributed by atoms with Crippen LogP contribution in [0.25, 0.3) is 0 Å². The molecule has 2 atom stereocenters. The maximum atomic E-state index is 11.9. The molecule has 0 aromatic carbocycles. The van der Waals surface area contributed by atoms with Gasteiger partial charge >= 0.3 is 0 Å². The number of nitrogens with zero attached hydrogens (tertiary/aromatic N) is 1. The standard InChI is InChI=1S/C12H26N4O2.C3H5N/c1-5-14-12(18)10(8(2)3)16-11(17)9(4)15-7-6-13;1-2-3-4/h8-10,15H,5-7,13H2,1-4H3,(H,14,18)(H,16,17);2H2,1H3. The van der Waals surface area contributed by atoms with E-state index >= 15 is 0 Å². The van der Waals surface area contributed by atoms with Crippen LogP contribution in [0.2, 0.25) is 0 Å². The summed E-state index contributed by atoms with van der Waals surface area (Å²) in [7, 11) is 0. The van der Waals surface area contributed by atoms with Crippen LogP contribution < -0.4 is 21.7 Å². The Morgan fingerprint density at radius 1 is 1.18 bits per heavy atom. The van der Waals surface area contributed by atoms with Crippen molar-refractivity contribution in [2.45, 2.75) is 53.1 Å². The zero-order chi connectivity index (χ0) is 17.5. The average Bonchev–Trinajstić information content (AvgIpc) is 2.49. The van der Waals surface area contributed by atoms with Crippen molar-refractivity contribution in [1.29, 1.82) is 5.26 Å². The molecule has 2 unspecified atom stereocenters. The highest BCUT2D eigenvalue weighted by atomic mass is 16.2. The number of nitrogens with one attached hydrogen (secondary N) is 3. The third-order valence-corrected chi connectivity index (χ3v) is 2.74. The molecule has 5 N–H and O–H groups in total. The van der Waals surface area contributed by atoms with E-state index in [-0.39, 0.29) is 23.8 Å². The number of amides is 2. The van der Waals surface area contributed by atoms with Crippen LogP contribution >= 0.6 is 0 Å². The van der Waals surface area contributed by atoms with E-state index in [9.17, 15) is 9.59 Å². The van der Waals surface area contributed by atoms with Crippen LogP contribution in [0.5, 0.6) is 0 Å². The summed E-state index contributed by atoms with van der Waals surface area (Å²) in [5, 5.41) is 16.1. The maximum absolute atomic E-state index is 11.9. The molecule has 0 aliphatic carbocycles. The summed E-state index contributed by atoms with van der Waals surface area (Å²) in [5.74, 6) is -0.289. The second kappa shape index (κ2) is 14.3. The van der Waals surface area contributed by atoms with Crippen LogP contribution in [0.1, 0.15) is 41.0 Å². The van der Waals surface area contributed by atoms with Crippen LogP contribution in [0.4, 0.5) is 0 Å². The van der Waals surface area contributed by atoms with Crippen molar-refractivity contribution >= 4 is 11.8 Å². The van der Waals surface area contributed by atoms with E-state index in [2.05, 4.69) is 16.0 Å². The monoisotopic (exact) mass is 313 g/mol. The second-order valence-electron chi connectivity index (χ2n) is 5.10. The topological polar surface area (TPSA) is 120 Å². The predicted molar refractivity (Wildman–Crippen MR) is 87.9 cm³/mol. The molecule has 0 rings (SSSR count). The summed E-state index contributed by atoms with van der Waals surface area (Å²) in [4.78, 5) is 23.7. The van der Waals surface area contributed by atoms with E-state index in [0.717, 1.165) is 0 Å². The molecule has 128 valence electrons. The van der Waals surface area contributed by atoms with E-state index in [1.807, 2.05) is 33.8 Å². The first-order valence-corrected chi connectivity index (χ1v) is 7.74. The normalized spacial score (nSPS) is 12.5. The summed E-state index contributed by atoms with van der Waals surface area (Å²) in [6.45, 7) is 10.8. The summed E-state index contributed by atoms with van der Waals surface area (Å²) >= 11 is 0. The number of carbonyl (C=O) groups is 2. The number of rotatable bonds is 8. The minimum absolute atomic E-state index is 0.0437. The molecule has 0 aliphatic rings. The van der Waals surface area contributed by atoms with Gasteiger partial charge in [-0.3, -0.25) is 9.59 Å². The Kier molecular flexibility index (Phi) is 14.7. The maximum Gasteiger partial charge on any atom is 0.242 e. The van der Waals surface area contributed by atoms with Gasteiger partial charge in [0, 0.05) is 26.1 Å². The molecule has 0 heterocycles. The molecule has 0 aliphatic heterocycles. The minimum atomic E-state index is -0.500. The Morgan fingerprint density at radius 3 is 2.09 bits per heavy atom. The highest BCUT2D eigenvalue weighted by Gasteiger charge is 2.25. The molecular weight excluding hydrogens is 282 g/mol. The highest BCUT2D eigenvalue weighted by molar-refractivity contribution is 5.89. The van der Waals surface area contributed by atoms with Crippen LogP contribution in [0, 0.1) is 17.2 Å². The lowest BCUT2D eigenvalue weighted by molar-refractivity contribution is -0.130. The van der Waals surface area contributed by atoms with Crippen LogP contribution in [0.3, 0.4) is 0 Å². The molecule has 0 aromatic rings. The number of carbonyl (C=O) groups excluding carboxylic acids is 2. The summed E-state index contributed by atoms with van der Waals surface area (Å²) < 4.78 is 0. The average molecular weight is 313 g/mol. The summed E-state index contributed by atoms with van der Waals surface area (Å²) in [6.07, 6.45) is 0.625. The molecular formula is C15H31N5O2. The largest absolute Gasteiger partial charge is 0.355 e. The number of nitrogens with two attached hydrogens (primary N) is 1. The predicted octanol–water partition coefficient (Wildman–Crippen LogP) is 0.120. The van der Waals surface area contributed by atoms with Crippen molar-refractivity contribution in [2.24, 2.45) is 11.7 Å². The lowest BCUT2D eigenvalue weighted by Crippen LogP contribution is -2.54. The van der Waals surface area contributed by atoms with Gasteiger partial charge in [0.2, 0.25) is 11.8 Å². The Balaban J connectivity index is 0. The lowest BCUT2D eigenvalue weighted by atomic mass is 10.0. The first-order chi connectivity index (χ1) is 10.3. The van der Waals surface area contributed by atoms with Crippen molar-refractivity contribution in [3.8, 4) is 6.07 Å². The van der Waals surface area contributed by atoms with Crippen molar-refractivity contribution < 1.29 is 9.59 Å². The third kappa shape index (κ3) is 11.1. The number of nitriles is 1. The molecule has 7 heteroatoms. The number of hydrogen-bond acceptors (Lipinski definition) is 5. The Bertz CT molecular complexity index is 352. The summed E-state index contributed by atoms with van der Waals surface area (Å²) in [6, 6.07) is 1.07. The smallest absolute Gasteiger partial charge is 0.242 e. The first kappa shape index (κ1) is 22.6. The Labute approximate surface area is 134 Å². The van der Waals surface area contributed by atoms with Gasteiger partial charge < -0.3 is 21.7 Å². The van der Waals surface area contributed by atoms with Crippen LogP contribution in [-0.4, -0.2) is 43.5 Å². The molecule has 0 radical (unpaired) electrons. The van der Waals surface area contributed by atoms with Gasteiger partial charge in [0.15, 0.2) is 0 Å². The minimum Gasteiger partial charge on any atom is -0.355 e. The highest BCUT2D eigenvalue weighted by Crippen LogP contribution is 2.02. The SMILES string of the molecule is CCC#N.CCNC(=O)C(NC(=O)C(C)NCCN)C(C)C. The van der Waals surface area contributed by atoms with Gasteiger partial charge in [0.05, 0.1) is 12.1 Å². The fourth-order valence-electron chi connectivity index (χ4n) is 1.49. The van der Waals surface area contributed by atoms with E-state index in [4.69, 9.17) is 11.0 Å². The van der Waals surface area contributed by atoms with Crippen LogP contribution in [-0.2, 0) is 9.59 Å². The van der Waals surface area contributed by atoms with Crippen molar-refractivity contribution in [2.75, 3.05) is 19.6 Å². The van der Waals surface area contributed by atoms with Gasteiger partial charge in [-0.1, -0.05) is 20.8 Å². The molecule has 0 aromatic heterocycles. The van der Waals surface area contributed by atoms with Crippen molar-refractivity contribution in [1.82, 2.24) is 16.0 Å². The van der Waals surface area contributed by atoms with Crippen LogP contribution in [0.15, 0.2) is 0 Å². The third-order valence-electron chi connectivity index (χ3n) is 2.74. The Hall–Kier alpha value is -1.65. The zero-order valence-corrected chi connectivity index (χ0v) is 14.4. The van der Waals surface area contributed by atoms with E-state index in [1.165, 1.54) is 0 Å². The van der Waals surface area contributed by atoms with Gasteiger partial charge in [-0.25, -0.2) is 0 Å². The van der Waals surface area contributed by atoms with Gasteiger partial charge in [-0.2, -0.15) is 5.26 Å². The van der Waals surface area contributed by atoms with Crippen molar-refractivity contribution in [3.05, 3.63) is 0 Å². The lowest BCUT2D eigenvalue weighted by Gasteiger charge is -2.23. The van der Waals surface area contributed by atoms with Gasteiger partial charge in [0.25, 0.3) is 0 Å². The fourth-order valence-corrected chi connectivity index (χ4v) is 1.49. The zero-order valence-electron chi connectivity index (χ0n) is 14.4. The fraction of sp³-hybridized carbons (Fsp3) is 0.800. The molecule has 0 spiro atoms. The molecule has 0 saturated heterocycles. The Morgan fingerprint density at radius 2 is 1.73 bits per heavy atom. The number of hydrogen-bond donors (Lipinski definition) is 4. The van der Waals surface area contributed by atoms with E-state index in [0.29, 0.717) is 26.1 Å². The second-order valence-corrected chi connectivity index (χ2v) is 5.10. The summed E-state index contributed by atoms with van der Waals surface area (Å²) in [5.41, 5.74) is 5.36. The molecule has 2 amide bonds. The molecule has 0 bridgehead atoms. The van der Waals surface area contributed by atoms with Gasteiger partial charge in [-0.05, 0) is 19.8 Å². The first-order valence-electron chi connectivity index (χ1n) is 7.74. The molecule has 0 saturated carbocycles. The molecule has 0 fully saturated rings. The van der Waals surface area contributed by atoms with Gasteiger partial charge in [-0.15, -0.1) is 0 Å². The molecule has 22 heavy (non-hydrogen) atoms. The van der Waals surface area contributed by atoms with E-state index in [1.54, 1.807) is 6.92 Å². The number of likely N-dealkylation sites (N-methyl/N-ethyl adjacent to an activating group) is 1. The van der Waals surface area contributed by atoms with Gasteiger partial charge in [0.1, 0.15) is 6.04 Å². The van der Waals surface area contributed by atoms with E-state index < -0.39 is 6.04 Å². The molecule has 7 nitrogen and oxygen atoms in total.